The topological polar surface area (TPSA) is 60.7 Å². The first-order valence-electron chi connectivity index (χ1n) is 5.37. The molecule has 0 saturated carbocycles. The van der Waals surface area contributed by atoms with E-state index in [1.807, 2.05) is 30.3 Å². The van der Waals surface area contributed by atoms with Gasteiger partial charge in [0, 0.05) is 0 Å². The van der Waals surface area contributed by atoms with Crippen molar-refractivity contribution in [1.82, 2.24) is 0 Å². The average molecular weight is 228 g/mol. The first-order valence-corrected chi connectivity index (χ1v) is 5.37. The predicted molar refractivity (Wildman–Crippen MR) is 67.6 cm³/mol. The van der Waals surface area contributed by atoms with Crippen LogP contribution in [0.15, 0.2) is 48.5 Å². The van der Waals surface area contributed by atoms with Gasteiger partial charge in [0.1, 0.15) is 0 Å². The van der Waals surface area contributed by atoms with Gasteiger partial charge in [-0.3, -0.25) is 0 Å². The van der Waals surface area contributed by atoms with Crippen molar-refractivity contribution in [1.29, 1.82) is 0 Å². The minimum atomic E-state index is -1.51. The van der Waals surface area contributed by atoms with Crippen LogP contribution in [0.4, 0.5) is 0 Å². The molecule has 0 aromatic heterocycles. The summed E-state index contributed by atoms with van der Waals surface area (Å²) in [6.07, 6.45) is 0. The standard InChI is InChI=1S/C13H13BO3/c15-9-11-8-12(14(16)17)6-7-13(11)10-4-2-1-3-5-10/h1-8,15-17H,9H2. The van der Waals surface area contributed by atoms with Crippen molar-refractivity contribution >= 4 is 12.6 Å². The second kappa shape index (κ2) is 5.14. The molecule has 0 radical (unpaired) electrons. The Hall–Kier alpha value is -1.62. The molecule has 0 saturated heterocycles. The Bertz CT molecular complexity index is 497. The molecule has 17 heavy (non-hydrogen) atoms. The van der Waals surface area contributed by atoms with Crippen LogP contribution in [0.3, 0.4) is 0 Å². The van der Waals surface area contributed by atoms with Crippen molar-refractivity contribution in [2.45, 2.75) is 6.61 Å². The van der Waals surface area contributed by atoms with Crippen molar-refractivity contribution in [3.8, 4) is 11.1 Å². The molecule has 3 nitrogen and oxygen atoms in total. The van der Waals surface area contributed by atoms with E-state index in [4.69, 9.17) is 10.0 Å². The first-order chi connectivity index (χ1) is 8.22. The lowest BCUT2D eigenvalue weighted by Crippen LogP contribution is -2.30. The van der Waals surface area contributed by atoms with Crippen LogP contribution in [0.25, 0.3) is 11.1 Å². The van der Waals surface area contributed by atoms with Crippen LogP contribution in [0.2, 0.25) is 0 Å². The van der Waals surface area contributed by atoms with Gasteiger partial charge in [-0.1, -0.05) is 48.5 Å². The van der Waals surface area contributed by atoms with Gasteiger partial charge in [0.25, 0.3) is 0 Å². The van der Waals surface area contributed by atoms with Gasteiger partial charge in [0.2, 0.25) is 0 Å². The summed E-state index contributed by atoms with van der Waals surface area (Å²) < 4.78 is 0. The average Bonchev–Trinajstić information content (AvgIpc) is 2.39. The van der Waals surface area contributed by atoms with E-state index in [0.717, 1.165) is 11.1 Å². The monoisotopic (exact) mass is 228 g/mol. The number of hydrogen-bond donors (Lipinski definition) is 3. The van der Waals surface area contributed by atoms with E-state index in [-0.39, 0.29) is 6.61 Å². The summed E-state index contributed by atoms with van der Waals surface area (Å²) in [7, 11) is -1.51. The molecule has 0 heterocycles. The molecular weight excluding hydrogens is 215 g/mol. The fraction of sp³-hybridized carbons (Fsp3) is 0.0769. The van der Waals surface area contributed by atoms with E-state index in [2.05, 4.69) is 0 Å². The van der Waals surface area contributed by atoms with Gasteiger partial charge in [-0.15, -0.1) is 0 Å². The highest BCUT2D eigenvalue weighted by Gasteiger charge is 2.13. The zero-order valence-electron chi connectivity index (χ0n) is 9.24. The summed E-state index contributed by atoms with van der Waals surface area (Å²) in [5.41, 5.74) is 2.96. The maximum atomic E-state index is 9.32. The summed E-state index contributed by atoms with van der Waals surface area (Å²) in [4.78, 5) is 0. The summed E-state index contributed by atoms with van der Waals surface area (Å²) in [5.74, 6) is 0. The number of rotatable bonds is 3. The zero-order valence-corrected chi connectivity index (χ0v) is 9.24. The molecule has 2 rings (SSSR count). The van der Waals surface area contributed by atoms with Crippen LogP contribution in [0.1, 0.15) is 5.56 Å². The van der Waals surface area contributed by atoms with Gasteiger partial charge in [-0.2, -0.15) is 0 Å². The predicted octanol–water partition coefficient (Wildman–Crippen LogP) is 0.526. The van der Waals surface area contributed by atoms with E-state index in [1.165, 1.54) is 0 Å². The minimum Gasteiger partial charge on any atom is -0.423 e. The van der Waals surface area contributed by atoms with Crippen LogP contribution in [0, 0.1) is 0 Å². The second-order valence-electron chi connectivity index (χ2n) is 3.81. The van der Waals surface area contributed by atoms with Gasteiger partial charge in [-0.05, 0) is 22.2 Å². The van der Waals surface area contributed by atoms with Crippen molar-refractivity contribution in [2.75, 3.05) is 0 Å². The number of aliphatic hydroxyl groups is 1. The molecule has 0 aliphatic carbocycles. The quantitative estimate of drug-likeness (QED) is 0.671. The fourth-order valence-electron chi connectivity index (χ4n) is 1.80. The van der Waals surface area contributed by atoms with Gasteiger partial charge < -0.3 is 15.2 Å². The minimum absolute atomic E-state index is 0.134. The van der Waals surface area contributed by atoms with Gasteiger partial charge >= 0.3 is 7.12 Å². The highest BCUT2D eigenvalue weighted by Crippen LogP contribution is 2.22. The lowest BCUT2D eigenvalue weighted by molar-refractivity contribution is 0.282. The summed E-state index contributed by atoms with van der Waals surface area (Å²) in [5, 5.41) is 27.5. The SMILES string of the molecule is OCc1cc(B(O)O)ccc1-c1ccccc1. The van der Waals surface area contributed by atoms with Crippen molar-refractivity contribution in [3.05, 3.63) is 54.1 Å². The smallest absolute Gasteiger partial charge is 0.423 e. The molecule has 0 unspecified atom stereocenters. The van der Waals surface area contributed by atoms with Crippen LogP contribution in [-0.4, -0.2) is 22.3 Å². The Balaban J connectivity index is 2.49. The molecule has 2 aromatic carbocycles. The maximum Gasteiger partial charge on any atom is 0.488 e. The van der Waals surface area contributed by atoms with Crippen LogP contribution in [0.5, 0.6) is 0 Å². The van der Waals surface area contributed by atoms with Gasteiger partial charge in [-0.25, -0.2) is 0 Å². The lowest BCUT2D eigenvalue weighted by atomic mass is 9.78. The third-order valence-corrected chi connectivity index (χ3v) is 2.68. The zero-order chi connectivity index (χ0) is 12.3. The Morgan fingerprint density at radius 3 is 2.24 bits per heavy atom. The maximum absolute atomic E-state index is 9.32. The highest BCUT2D eigenvalue weighted by molar-refractivity contribution is 6.58. The van der Waals surface area contributed by atoms with E-state index in [9.17, 15) is 5.11 Å². The van der Waals surface area contributed by atoms with Crippen LogP contribution >= 0.6 is 0 Å². The van der Waals surface area contributed by atoms with Crippen LogP contribution < -0.4 is 5.46 Å². The molecule has 0 atom stereocenters. The summed E-state index contributed by atoms with van der Waals surface area (Å²) in [6.45, 7) is -0.134. The van der Waals surface area contributed by atoms with E-state index >= 15 is 0 Å². The number of hydrogen-bond acceptors (Lipinski definition) is 3. The largest absolute Gasteiger partial charge is 0.488 e. The number of benzene rings is 2. The third kappa shape index (κ3) is 2.56. The van der Waals surface area contributed by atoms with Crippen LogP contribution in [-0.2, 0) is 6.61 Å². The molecular formula is C13H13BO3. The summed E-state index contributed by atoms with van der Waals surface area (Å²) >= 11 is 0. The van der Waals surface area contributed by atoms with Gasteiger partial charge in [0.15, 0.2) is 0 Å². The molecule has 0 bridgehead atoms. The summed E-state index contributed by atoms with van der Waals surface area (Å²) in [6, 6.07) is 14.7. The molecule has 3 N–H and O–H groups in total. The molecule has 0 amide bonds. The van der Waals surface area contributed by atoms with E-state index in [1.54, 1.807) is 18.2 Å². The normalized spacial score (nSPS) is 10.3. The van der Waals surface area contributed by atoms with Gasteiger partial charge in [0.05, 0.1) is 6.61 Å². The Labute approximate surface area is 100 Å². The number of aliphatic hydroxyl groups excluding tert-OH is 1. The molecule has 86 valence electrons. The molecule has 0 fully saturated rings. The lowest BCUT2D eigenvalue weighted by Gasteiger charge is -2.10. The molecule has 0 spiro atoms. The van der Waals surface area contributed by atoms with Crippen molar-refractivity contribution in [3.63, 3.8) is 0 Å². The van der Waals surface area contributed by atoms with Crippen molar-refractivity contribution < 1.29 is 15.2 Å². The van der Waals surface area contributed by atoms with Crippen molar-refractivity contribution in [2.24, 2.45) is 0 Å². The third-order valence-electron chi connectivity index (χ3n) is 2.68. The molecule has 2 aromatic rings. The Kier molecular flexibility index (Phi) is 3.59. The second-order valence-corrected chi connectivity index (χ2v) is 3.81. The first kappa shape index (κ1) is 11.9. The molecule has 4 heteroatoms. The Morgan fingerprint density at radius 1 is 0.941 bits per heavy atom. The fourth-order valence-corrected chi connectivity index (χ4v) is 1.80. The van der Waals surface area contributed by atoms with E-state index < -0.39 is 7.12 Å². The molecule has 0 aliphatic heterocycles. The Morgan fingerprint density at radius 2 is 1.65 bits per heavy atom. The molecule has 0 aliphatic rings. The highest BCUT2D eigenvalue weighted by atomic mass is 16.4. The van der Waals surface area contributed by atoms with E-state index in [0.29, 0.717) is 11.0 Å².